The van der Waals surface area contributed by atoms with Gasteiger partial charge in [0.1, 0.15) is 5.78 Å². The Hall–Kier alpha value is -0.113. The van der Waals surface area contributed by atoms with E-state index in [4.69, 9.17) is 0 Å². The van der Waals surface area contributed by atoms with Crippen LogP contribution in [0.2, 0.25) is 25.2 Å². The highest BCUT2D eigenvalue weighted by atomic mass is 28.3. The van der Waals surface area contributed by atoms with Crippen molar-refractivity contribution in [2.45, 2.75) is 63.7 Å². The van der Waals surface area contributed by atoms with Crippen molar-refractivity contribution in [3.63, 3.8) is 0 Å². The summed E-state index contributed by atoms with van der Waals surface area (Å²) in [5.74, 6) is 0.501. The first-order valence-corrected chi connectivity index (χ1v) is 9.03. The molecule has 0 aromatic carbocycles. The minimum Gasteiger partial charge on any atom is -0.300 e. The molecule has 0 aromatic rings. The fourth-order valence-electron chi connectivity index (χ4n) is 2.10. The summed E-state index contributed by atoms with van der Waals surface area (Å²) >= 11 is 0. The molecule has 0 unspecified atom stereocenters. The Morgan fingerprint density at radius 1 is 0.923 bits per heavy atom. The lowest BCUT2D eigenvalue weighted by Crippen LogP contribution is -2.25. The SMILES string of the molecule is C[Si]1(C)CCCCC(=O)CCCC1. The van der Waals surface area contributed by atoms with Crippen molar-refractivity contribution < 1.29 is 4.79 Å². The molecule has 0 aromatic heterocycles. The van der Waals surface area contributed by atoms with Crippen molar-refractivity contribution in [2.24, 2.45) is 0 Å². The molecular formula is C11H22OSi. The molecule has 13 heavy (non-hydrogen) atoms. The molecule has 0 amide bonds. The van der Waals surface area contributed by atoms with E-state index in [9.17, 15) is 4.79 Å². The maximum atomic E-state index is 11.3. The number of ketones is 1. The van der Waals surface area contributed by atoms with Crippen molar-refractivity contribution >= 4 is 13.9 Å². The summed E-state index contributed by atoms with van der Waals surface area (Å²) in [6.45, 7) is 4.99. The first kappa shape index (κ1) is 11.0. The molecule has 0 aliphatic carbocycles. The topological polar surface area (TPSA) is 17.1 Å². The largest absolute Gasteiger partial charge is 0.300 e. The molecule has 1 fully saturated rings. The van der Waals surface area contributed by atoms with Gasteiger partial charge in [-0.2, -0.15) is 0 Å². The van der Waals surface area contributed by atoms with E-state index in [1.165, 1.54) is 24.9 Å². The van der Waals surface area contributed by atoms with E-state index >= 15 is 0 Å². The average molecular weight is 198 g/mol. The fourth-order valence-corrected chi connectivity index (χ4v) is 4.77. The number of rotatable bonds is 0. The highest BCUT2D eigenvalue weighted by Gasteiger charge is 2.20. The van der Waals surface area contributed by atoms with Gasteiger partial charge < -0.3 is 0 Å². The number of hydrogen-bond acceptors (Lipinski definition) is 1. The lowest BCUT2D eigenvalue weighted by atomic mass is 10.1. The smallest absolute Gasteiger partial charge is 0.132 e. The number of carbonyl (C=O) groups excluding carboxylic acids is 1. The normalized spacial score (nSPS) is 25.5. The zero-order chi connectivity index (χ0) is 9.73. The average Bonchev–Trinajstić information content (AvgIpc) is 2.06. The molecule has 1 nitrogen and oxygen atoms in total. The second-order valence-electron chi connectivity index (χ2n) is 5.12. The van der Waals surface area contributed by atoms with Crippen LogP contribution in [0.3, 0.4) is 0 Å². The fraction of sp³-hybridized carbons (Fsp3) is 0.909. The van der Waals surface area contributed by atoms with Gasteiger partial charge >= 0.3 is 0 Å². The summed E-state index contributed by atoms with van der Waals surface area (Å²) in [6.07, 6.45) is 6.59. The molecule has 1 rings (SSSR count). The van der Waals surface area contributed by atoms with Crippen molar-refractivity contribution in [1.29, 1.82) is 0 Å². The quantitative estimate of drug-likeness (QED) is 0.543. The van der Waals surface area contributed by atoms with E-state index in [1.54, 1.807) is 0 Å². The Balaban J connectivity index is 2.37. The zero-order valence-corrected chi connectivity index (χ0v) is 10.1. The number of Topliss-reactive ketones (excluding diaryl/α,β-unsaturated/α-hetero) is 1. The van der Waals surface area contributed by atoms with Crippen LogP contribution < -0.4 is 0 Å². The van der Waals surface area contributed by atoms with E-state index in [0.29, 0.717) is 5.78 Å². The van der Waals surface area contributed by atoms with Crippen LogP contribution in [0.5, 0.6) is 0 Å². The third-order valence-electron chi connectivity index (χ3n) is 3.12. The Bertz CT molecular complexity index is 159. The predicted octanol–water partition coefficient (Wildman–Crippen LogP) is 3.62. The van der Waals surface area contributed by atoms with Crippen LogP contribution in [0, 0.1) is 0 Å². The van der Waals surface area contributed by atoms with Crippen molar-refractivity contribution in [1.82, 2.24) is 0 Å². The molecule has 0 N–H and O–H groups in total. The second kappa shape index (κ2) is 4.94. The molecular weight excluding hydrogens is 176 g/mol. The highest BCUT2D eigenvalue weighted by molar-refractivity contribution is 6.77. The van der Waals surface area contributed by atoms with Gasteiger partial charge in [0.15, 0.2) is 0 Å². The summed E-state index contributed by atoms with van der Waals surface area (Å²) < 4.78 is 0. The van der Waals surface area contributed by atoms with Crippen molar-refractivity contribution in [3.8, 4) is 0 Å². The summed E-state index contributed by atoms with van der Waals surface area (Å²) in [5.41, 5.74) is 0. The van der Waals surface area contributed by atoms with Gasteiger partial charge in [0, 0.05) is 20.9 Å². The first-order valence-electron chi connectivity index (χ1n) is 5.62. The molecule has 0 saturated carbocycles. The van der Waals surface area contributed by atoms with Crippen LogP contribution in [-0.4, -0.2) is 13.9 Å². The summed E-state index contributed by atoms with van der Waals surface area (Å²) in [5, 5.41) is 0. The highest BCUT2D eigenvalue weighted by Crippen LogP contribution is 2.24. The third-order valence-corrected chi connectivity index (χ3v) is 6.53. The van der Waals surface area contributed by atoms with E-state index in [1.807, 2.05) is 0 Å². The molecule has 76 valence electrons. The maximum Gasteiger partial charge on any atom is 0.132 e. The lowest BCUT2D eigenvalue weighted by molar-refractivity contribution is -0.119. The molecule has 0 radical (unpaired) electrons. The second-order valence-corrected chi connectivity index (χ2v) is 10.4. The molecule has 0 spiro atoms. The molecule has 1 aliphatic heterocycles. The van der Waals surface area contributed by atoms with E-state index in [-0.39, 0.29) is 0 Å². The van der Waals surface area contributed by atoms with Crippen LogP contribution >= 0.6 is 0 Å². The molecule has 1 saturated heterocycles. The molecule has 0 atom stereocenters. The van der Waals surface area contributed by atoms with Gasteiger partial charge in [0.2, 0.25) is 0 Å². The van der Waals surface area contributed by atoms with Crippen LogP contribution in [0.1, 0.15) is 38.5 Å². The monoisotopic (exact) mass is 198 g/mol. The van der Waals surface area contributed by atoms with E-state index < -0.39 is 8.07 Å². The van der Waals surface area contributed by atoms with Gasteiger partial charge in [0.25, 0.3) is 0 Å². The molecule has 0 bridgehead atoms. The van der Waals surface area contributed by atoms with Gasteiger partial charge in [-0.1, -0.05) is 38.0 Å². The van der Waals surface area contributed by atoms with E-state index in [2.05, 4.69) is 13.1 Å². The minimum absolute atomic E-state index is 0.501. The third kappa shape index (κ3) is 4.60. The van der Waals surface area contributed by atoms with Crippen molar-refractivity contribution in [2.75, 3.05) is 0 Å². The summed E-state index contributed by atoms with van der Waals surface area (Å²) in [6, 6.07) is 2.86. The van der Waals surface area contributed by atoms with Gasteiger partial charge in [-0.3, -0.25) is 4.79 Å². The Kier molecular flexibility index (Phi) is 4.17. The van der Waals surface area contributed by atoms with Gasteiger partial charge in [-0.25, -0.2) is 0 Å². The lowest BCUT2D eigenvalue weighted by Gasteiger charge is -2.23. The van der Waals surface area contributed by atoms with E-state index in [0.717, 1.165) is 25.7 Å². The molecule has 1 aliphatic rings. The van der Waals surface area contributed by atoms with Crippen LogP contribution in [0.25, 0.3) is 0 Å². The summed E-state index contributed by atoms with van der Waals surface area (Å²) in [4.78, 5) is 11.3. The molecule has 1 heterocycles. The first-order chi connectivity index (χ1) is 6.10. The zero-order valence-electron chi connectivity index (χ0n) is 9.07. The Morgan fingerprint density at radius 2 is 1.38 bits per heavy atom. The maximum absolute atomic E-state index is 11.3. The predicted molar refractivity (Wildman–Crippen MR) is 59.8 cm³/mol. The standard InChI is InChI=1S/C11H22OSi/c1-13(2)9-5-3-7-11(12)8-4-6-10-13/h3-10H2,1-2H3. The Labute approximate surface area is 82.9 Å². The number of hydrogen-bond donors (Lipinski definition) is 0. The minimum atomic E-state index is -0.861. The van der Waals surface area contributed by atoms with Gasteiger partial charge in [-0.15, -0.1) is 0 Å². The van der Waals surface area contributed by atoms with Crippen LogP contribution in [-0.2, 0) is 4.79 Å². The molecule has 2 heteroatoms. The van der Waals surface area contributed by atoms with Gasteiger partial charge in [-0.05, 0) is 12.8 Å². The number of carbonyl (C=O) groups is 1. The van der Waals surface area contributed by atoms with Gasteiger partial charge in [0.05, 0.1) is 0 Å². The Morgan fingerprint density at radius 3 is 1.85 bits per heavy atom. The summed E-state index contributed by atoms with van der Waals surface area (Å²) in [7, 11) is -0.861. The van der Waals surface area contributed by atoms with Crippen LogP contribution in [0.4, 0.5) is 0 Å². The van der Waals surface area contributed by atoms with Crippen LogP contribution in [0.15, 0.2) is 0 Å². The van der Waals surface area contributed by atoms with Crippen molar-refractivity contribution in [3.05, 3.63) is 0 Å².